The van der Waals surface area contributed by atoms with Crippen LogP contribution in [0, 0.1) is 47.6 Å². The molecule has 0 saturated carbocycles. The maximum absolute atomic E-state index is 11.3. The monoisotopic (exact) mass is 901 g/mol. The number of aromatic nitrogens is 2. The first-order valence-electron chi connectivity index (χ1n) is 18.6. The number of hydrogen-bond donors (Lipinski definition) is 1. The summed E-state index contributed by atoms with van der Waals surface area (Å²) in [7, 11) is 0. The number of rotatable bonds is 7. The van der Waals surface area contributed by atoms with Gasteiger partial charge in [-0.3, -0.25) is 4.98 Å². The van der Waals surface area contributed by atoms with Crippen molar-refractivity contribution in [1.29, 1.82) is 0 Å². The molecule has 2 heterocycles. The molecule has 5 aromatic carbocycles. The summed E-state index contributed by atoms with van der Waals surface area (Å²) in [6, 6.07) is 43.4. The summed E-state index contributed by atoms with van der Waals surface area (Å²) in [5, 5.41) is 11.3. The average Bonchev–Trinajstić information content (AvgIpc) is 3.13. The van der Waals surface area contributed by atoms with Crippen LogP contribution in [0.15, 0.2) is 121 Å². The van der Waals surface area contributed by atoms with Gasteiger partial charge in [0.2, 0.25) is 0 Å². The first-order chi connectivity index (χ1) is 25.8. The van der Waals surface area contributed by atoms with Crippen molar-refractivity contribution >= 4 is 17.2 Å². The van der Waals surface area contributed by atoms with Crippen LogP contribution in [0.5, 0.6) is 5.75 Å². The molecule has 2 aromatic heterocycles. The third kappa shape index (κ3) is 7.93. The van der Waals surface area contributed by atoms with E-state index in [9.17, 15) is 5.11 Å². The Labute approximate surface area is 341 Å². The molecule has 280 valence electrons. The number of nitrogens with zero attached hydrogens (tertiary/aromatic N) is 3. The zero-order chi connectivity index (χ0) is 38.3. The summed E-state index contributed by atoms with van der Waals surface area (Å²) in [6.07, 6.45) is 1.87. The standard InChI is InChI=1S/C50H48N3O.Pt/c1-31-14-10-15-32(2)47(31)38-22-23-45(54)42(29-38)37-18-12-19-41(28-37)53(49-35(5)26-40(27-36(49)6)50(7,8)9)46-21-13-20-43(52-46)44-30-39(24-25-51-44)48-33(3)16-11-17-34(48)4;/h10-27,29-30,54H,1-9H3;/q-1;. The number of benzene rings is 5. The summed E-state index contributed by atoms with van der Waals surface area (Å²) in [5.74, 6) is 0.963. The van der Waals surface area contributed by atoms with Gasteiger partial charge in [-0.1, -0.05) is 93.1 Å². The third-order valence-electron chi connectivity index (χ3n) is 10.4. The molecule has 55 heavy (non-hydrogen) atoms. The van der Waals surface area contributed by atoms with Gasteiger partial charge in [-0.25, -0.2) is 4.98 Å². The van der Waals surface area contributed by atoms with Crippen molar-refractivity contribution < 1.29 is 26.2 Å². The first kappa shape index (κ1) is 39.4. The van der Waals surface area contributed by atoms with E-state index in [1.165, 1.54) is 38.9 Å². The van der Waals surface area contributed by atoms with Crippen molar-refractivity contribution in [2.45, 2.75) is 67.7 Å². The van der Waals surface area contributed by atoms with Crippen LogP contribution in [-0.2, 0) is 26.5 Å². The number of pyridine rings is 2. The molecule has 0 unspecified atom stereocenters. The Balaban J connectivity index is 0.00000514. The fraction of sp³-hybridized carbons (Fsp3) is 0.200. The van der Waals surface area contributed by atoms with Gasteiger partial charge in [0, 0.05) is 27.3 Å². The molecule has 0 bridgehead atoms. The Morgan fingerprint density at radius 1 is 0.582 bits per heavy atom. The molecule has 0 aliphatic carbocycles. The maximum atomic E-state index is 11.3. The quantitative estimate of drug-likeness (QED) is 0.162. The van der Waals surface area contributed by atoms with Gasteiger partial charge in [-0.05, 0) is 144 Å². The minimum Gasteiger partial charge on any atom is -0.517 e. The first-order valence-corrected chi connectivity index (χ1v) is 18.6. The van der Waals surface area contributed by atoms with E-state index in [2.05, 4.69) is 158 Å². The van der Waals surface area contributed by atoms with E-state index < -0.39 is 0 Å². The molecular formula is C50H48N3OPt-. The minimum absolute atomic E-state index is 0. The van der Waals surface area contributed by atoms with Gasteiger partial charge in [0.05, 0.1) is 22.8 Å². The van der Waals surface area contributed by atoms with Crippen LogP contribution in [0.3, 0.4) is 0 Å². The molecule has 7 aromatic rings. The Kier molecular flexibility index (Phi) is 11.3. The number of anilines is 3. The van der Waals surface area contributed by atoms with Crippen molar-refractivity contribution in [2.75, 3.05) is 4.90 Å². The van der Waals surface area contributed by atoms with Gasteiger partial charge in [-0.15, -0.1) is 29.8 Å². The zero-order valence-corrected chi connectivity index (χ0v) is 35.4. The van der Waals surface area contributed by atoms with Crippen LogP contribution in [0.2, 0.25) is 0 Å². The van der Waals surface area contributed by atoms with Crippen molar-refractivity contribution in [2.24, 2.45) is 0 Å². The Morgan fingerprint density at radius 3 is 1.75 bits per heavy atom. The van der Waals surface area contributed by atoms with E-state index in [1.54, 1.807) is 6.07 Å². The predicted octanol–water partition coefficient (Wildman–Crippen LogP) is 13.3. The van der Waals surface area contributed by atoms with E-state index in [4.69, 9.17) is 9.97 Å². The number of aryl methyl sites for hydroxylation is 6. The van der Waals surface area contributed by atoms with Gasteiger partial charge in [0.25, 0.3) is 0 Å². The average molecular weight is 902 g/mol. The van der Waals surface area contributed by atoms with Crippen molar-refractivity contribution in [3.63, 3.8) is 0 Å². The molecule has 1 N–H and O–H groups in total. The molecule has 0 amide bonds. The van der Waals surface area contributed by atoms with Crippen LogP contribution in [0.25, 0.3) is 44.8 Å². The second-order valence-electron chi connectivity index (χ2n) is 15.6. The Hall–Kier alpha value is -5.31. The van der Waals surface area contributed by atoms with Gasteiger partial charge in [0.15, 0.2) is 0 Å². The topological polar surface area (TPSA) is 49.2 Å². The van der Waals surface area contributed by atoms with Crippen LogP contribution < -0.4 is 4.90 Å². The zero-order valence-electron chi connectivity index (χ0n) is 33.2. The number of hydrogen-bond acceptors (Lipinski definition) is 4. The minimum atomic E-state index is -0.00670. The molecule has 0 aliphatic heterocycles. The maximum Gasteiger partial charge on any atom is 0.136 e. The molecule has 5 heteroatoms. The normalized spacial score (nSPS) is 11.3. The molecule has 0 aliphatic rings. The molecular weight excluding hydrogens is 854 g/mol. The largest absolute Gasteiger partial charge is 0.517 e. The Morgan fingerprint density at radius 2 is 1.15 bits per heavy atom. The summed E-state index contributed by atoms with van der Waals surface area (Å²) in [4.78, 5) is 12.3. The summed E-state index contributed by atoms with van der Waals surface area (Å²) in [5.41, 5.74) is 17.9. The number of phenolic OH excluding ortho intramolecular Hbond substituents is 1. The molecule has 0 saturated heterocycles. The SMILES string of the molecule is Cc1cccc(C)c1-c1ccnc(-c2cccc(N(c3[c-]c(-c4cc(-c5c(C)cccc5C)ccc4O)ccc3)c3c(C)cc(C(C)(C)C)cc3C)n2)c1.[Pt]. The van der Waals surface area contributed by atoms with Crippen LogP contribution in [-0.4, -0.2) is 15.1 Å². The predicted molar refractivity (Wildman–Crippen MR) is 226 cm³/mol. The molecule has 7 rings (SSSR count). The summed E-state index contributed by atoms with van der Waals surface area (Å²) in [6.45, 7) is 19.7. The van der Waals surface area contributed by atoms with Gasteiger partial charge >= 0.3 is 0 Å². The van der Waals surface area contributed by atoms with Crippen LogP contribution in [0.1, 0.15) is 59.7 Å². The van der Waals surface area contributed by atoms with Crippen molar-refractivity contribution in [3.8, 4) is 50.5 Å². The second kappa shape index (κ2) is 15.8. The smallest absolute Gasteiger partial charge is 0.136 e. The van der Waals surface area contributed by atoms with Gasteiger partial charge in [0.1, 0.15) is 5.82 Å². The van der Waals surface area contributed by atoms with Crippen molar-refractivity contribution in [3.05, 3.63) is 166 Å². The third-order valence-corrected chi connectivity index (χ3v) is 10.4. The summed E-state index contributed by atoms with van der Waals surface area (Å²) < 4.78 is 0. The van der Waals surface area contributed by atoms with E-state index in [0.29, 0.717) is 0 Å². The van der Waals surface area contributed by atoms with E-state index in [0.717, 1.165) is 62.0 Å². The van der Waals surface area contributed by atoms with Gasteiger partial charge < -0.3 is 10.0 Å². The van der Waals surface area contributed by atoms with Crippen LogP contribution in [0.4, 0.5) is 17.2 Å². The fourth-order valence-electron chi connectivity index (χ4n) is 7.71. The van der Waals surface area contributed by atoms with Gasteiger partial charge in [-0.2, -0.15) is 0 Å². The summed E-state index contributed by atoms with van der Waals surface area (Å²) >= 11 is 0. The van der Waals surface area contributed by atoms with E-state index >= 15 is 0 Å². The molecule has 4 nitrogen and oxygen atoms in total. The van der Waals surface area contributed by atoms with E-state index in [1.807, 2.05) is 30.5 Å². The fourth-order valence-corrected chi connectivity index (χ4v) is 7.71. The number of aromatic hydroxyl groups is 1. The number of phenols is 1. The molecule has 0 spiro atoms. The second-order valence-corrected chi connectivity index (χ2v) is 15.6. The Bertz CT molecular complexity index is 2470. The molecule has 0 atom stereocenters. The van der Waals surface area contributed by atoms with E-state index in [-0.39, 0.29) is 32.2 Å². The molecule has 0 fully saturated rings. The van der Waals surface area contributed by atoms with Crippen LogP contribution >= 0.6 is 0 Å². The van der Waals surface area contributed by atoms with Crippen molar-refractivity contribution in [1.82, 2.24) is 9.97 Å². The molecule has 0 radical (unpaired) electrons.